The van der Waals surface area contributed by atoms with E-state index in [-0.39, 0.29) is 18.3 Å². The van der Waals surface area contributed by atoms with Crippen molar-refractivity contribution in [2.75, 3.05) is 57.2 Å². The normalized spacial score (nSPS) is 14.0. The minimum atomic E-state index is 0. The number of hydrogen-bond acceptors (Lipinski definition) is 7. The van der Waals surface area contributed by atoms with Crippen LogP contribution in [-0.4, -0.2) is 68.0 Å². The van der Waals surface area contributed by atoms with Crippen molar-refractivity contribution in [2.24, 2.45) is 0 Å². The molecule has 2 aromatic carbocycles. The van der Waals surface area contributed by atoms with Crippen molar-refractivity contribution in [3.8, 4) is 5.75 Å². The third kappa shape index (κ3) is 7.58. The molecule has 184 valence electrons. The number of hydrogen-bond donors (Lipinski definition) is 0. The Labute approximate surface area is 216 Å². The predicted molar refractivity (Wildman–Crippen MR) is 144 cm³/mol. The lowest BCUT2D eigenvalue weighted by molar-refractivity contribution is -0.118. The Morgan fingerprint density at radius 2 is 1.91 bits per heavy atom. The molecule has 1 fully saturated rings. The number of anilines is 1. The average molecular weight is 522 g/mol. The second-order valence-corrected chi connectivity index (χ2v) is 10.1. The first-order valence-corrected chi connectivity index (χ1v) is 13.3. The number of methoxy groups -OCH3 is 1. The largest absolute Gasteiger partial charge is 0.497 e. The Morgan fingerprint density at radius 1 is 1.15 bits per heavy atom. The highest BCUT2D eigenvalue weighted by molar-refractivity contribution is 7.99. The Balaban J connectivity index is 0.00000324. The Morgan fingerprint density at radius 3 is 2.65 bits per heavy atom. The van der Waals surface area contributed by atoms with E-state index in [9.17, 15) is 4.79 Å². The van der Waals surface area contributed by atoms with Crippen LogP contribution in [0.2, 0.25) is 0 Å². The van der Waals surface area contributed by atoms with E-state index in [4.69, 9.17) is 14.5 Å². The summed E-state index contributed by atoms with van der Waals surface area (Å²) in [5.41, 5.74) is 0.957. The molecular weight excluding hydrogens is 490 g/mol. The van der Waals surface area contributed by atoms with Gasteiger partial charge in [-0.3, -0.25) is 14.6 Å². The van der Waals surface area contributed by atoms with Crippen LogP contribution in [0.1, 0.15) is 19.3 Å². The predicted octanol–water partition coefficient (Wildman–Crippen LogP) is 5.35. The second kappa shape index (κ2) is 13.9. The zero-order valence-corrected chi connectivity index (χ0v) is 21.9. The van der Waals surface area contributed by atoms with E-state index in [0.717, 1.165) is 72.5 Å². The molecular formula is C25H32ClN3O3S2. The van der Waals surface area contributed by atoms with Crippen LogP contribution in [-0.2, 0) is 9.53 Å². The molecule has 2 heterocycles. The summed E-state index contributed by atoms with van der Waals surface area (Å²) in [6, 6.07) is 16.1. The van der Waals surface area contributed by atoms with Gasteiger partial charge in [0, 0.05) is 37.5 Å². The van der Waals surface area contributed by atoms with Crippen LogP contribution in [0.25, 0.3) is 10.2 Å². The minimum absolute atomic E-state index is 0. The van der Waals surface area contributed by atoms with Crippen LogP contribution >= 0.6 is 35.5 Å². The molecule has 1 saturated heterocycles. The number of ether oxygens (including phenoxy) is 2. The Hall–Kier alpha value is -1.84. The van der Waals surface area contributed by atoms with E-state index in [1.807, 2.05) is 35.2 Å². The van der Waals surface area contributed by atoms with Crippen LogP contribution in [0.3, 0.4) is 0 Å². The standard InChI is InChI=1S/C25H31N3O3S2.ClH/c1-30-20-9-11-21(12-10-20)32-19-4-8-24(29)28(14-5-13-27-15-17-31-18-16-27)25-26-22-6-2-3-7-23(22)33-25;/h2-3,6-7,9-12H,4-5,8,13-19H2,1H3;1H. The van der Waals surface area contributed by atoms with E-state index in [1.54, 1.807) is 30.2 Å². The topological polar surface area (TPSA) is 54.9 Å². The molecule has 0 unspecified atom stereocenters. The molecule has 1 aliphatic rings. The average Bonchev–Trinajstić information content (AvgIpc) is 3.29. The van der Waals surface area contributed by atoms with Gasteiger partial charge in [0.15, 0.2) is 5.13 Å². The smallest absolute Gasteiger partial charge is 0.228 e. The zero-order valence-electron chi connectivity index (χ0n) is 19.5. The van der Waals surface area contributed by atoms with Crippen LogP contribution in [0.4, 0.5) is 5.13 Å². The molecule has 1 amide bonds. The lowest BCUT2D eigenvalue weighted by atomic mass is 10.2. The van der Waals surface area contributed by atoms with Crippen LogP contribution < -0.4 is 9.64 Å². The SMILES string of the molecule is COc1ccc(SCCCC(=O)N(CCCN2CCOCC2)c2nc3ccccc3s2)cc1.Cl. The maximum absolute atomic E-state index is 13.2. The number of nitrogens with zero attached hydrogens (tertiary/aromatic N) is 3. The van der Waals surface area contributed by atoms with Gasteiger partial charge in [0.05, 0.1) is 30.5 Å². The van der Waals surface area contributed by atoms with Crippen molar-refractivity contribution in [3.05, 3.63) is 48.5 Å². The maximum Gasteiger partial charge on any atom is 0.228 e. The van der Waals surface area contributed by atoms with Crippen LogP contribution in [0.15, 0.2) is 53.4 Å². The second-order valence-electron chi connectivity index (χ2n) is 7.94. The molecule has 0 saturated carbocycles. The van der Waals surface area contributed by atoms with Crippen molar-refractivity contribution in [1.82, 2.24) is 9.88 Å². The number of benzene rings is 2. The van der Waals surface area contributed by atoms with Crippen molar-refractivity contribution in [3.63, 3.8) is 0 Å². The van der Waals surface area contributed by atoms with Gasteiger partial charge in [-0.1, -0.05) is 23.5 Å². The van der Waals surface area contributed by atoms with Gasteiger partial charge in [-0.05, 0) is 55.0 Å². The third-order valence-electron chi connectivity index (χ3n) is 5.64. The summed E-state index contributed by atoms with van der Waals surface area (Å²) >= 11 is 3.37. The molecule has 1 aromatic heterocycles. The number of amides is 1. The van der Waals surface area contributed by atoms with Gasteiger partial charge in [0.1, 0.15) is 5.75 Å². The number of thiazole rings is 1. The van der Waals surface area contributed by atoms with E-state index >= 15 is 0 Å². The van der Waals surface area contributed by atoms with Gasteiger partial charge < -0.3 is 9.47 Å². The molecule has 0 spiro atoms. The molecule has 6 nitrogen and oxygen atoms in total. The summed E-state index contributed by atoms with van der Waals surface area (Å²) in [4.78, 5) is 23.5. The molecule has 0 radical (unpaired) electrons. The number of fused-ring (bicyclic) bond motifs is 1. The van der Waals surface area contributed by atoms with Crippen molar-refractivity contribution in [2.45, 2.75) is 24.2 Å². The summed E-state index contributed by atoms with van der Waals surface area (Å²) < 4.78 is 11.8. The highest BCUT2D eigenvalue weighted by Crippen LogP contribution is 2.30. The van der Waals surface area contributed by atoms with Gasteiger partial charge in [0.2, 0.25) is 5.91 Å². The van der Waals surface area contributed by atoms with Gasteiger partial charge in [-0.25, -0.2) is 4.98 Å². The number of carbonyl (C=O) groups excluding carboxylic acids is 1. The molecule has 4 rings (SSSR count). The third-order valence-corrected chi connectivity index (χ3v) is 7.80. The van der Waals surface area contributed by atoms with Gasteiger partial charge in [-0.2, -0.15) is 0 Å². The molecule has 0 N–H and O–H groups in total. The fraction of sp³-hybridized carbons (Fsp3) is 0.440. The fourth-order valence-corrected chi connectivity index (χ4v) is 5.66. The van der Waals surface area contributed by atoms with Crippen LogP contribution in [0.5, 0.6) is 5.75 Å². The lowest BCUT2D eigenvalue weighted by Gasteiger charge is -2.27. The fourth-order valence-electron chi connectivity index (χ4n) is 3.80. The number of morpholine rings is 1. The number of para-hydroxylation sites is 1. The number of aromatic nitrogens is 1. The molecule has 34 heavy (non-hydrogen) atoms. The van der Waals surface area contributed by atoms with Gasteiger partial charge in [-0.15, -0.1) is 24.2 Å². The summed E-state index contributed by atoms with van der Waals surface area (Å²) in [6.07, 6.45) is 2.29. The van der Waals surface area contributed by atoms with Crippen molar-refractivity contribution < 1.29 is 14.3 Å². The monoisotopic (exact) mass is 521 g/mol. The number of thioether (sulfide) groups is 1. The van der Waals surface area contributed by atoms with Crippen molar-refractivity contribution >= 4 is 56.8 Å². The summed E-state index contributed by atoms with van der Waals surface area (Å²) in [5, 5.41) is 0.811. The molecule has 0 aliphatic carbocycles. The highest BCUT2D eigenvalue weighted by Gasteiger charge is 2.20. The van der Waals surface area contributed by atoms with E-state index < -0.39 is 0 Å². The number of rotatable bonds is 11. The van der Waals surface area contributed by atoms with E-state index in [2.05, 4.69) is 23.1 Å². The summed E-state index contributed by atoms with van der Waals surface area (Å²) in [6.45, 7) is 5.21. The summed E-state index contributed by atoms with van der Waals surface area (Å²) in [7, 11) is 1.67. The first-order valence-electron chi connectivity index (χ1n) is 11.5. The zero-order chi connectivity index (χ0) is 22.9. The highest BCUT2D eigenvalue weighted by atomic mass is 35.5. The Bertz CT molecular complexity index is 993. The molecule has 0 atom stereocenters. The lowest BCUT2D eigenvalue weighted by Crippen LogP contribution is -2.39. The first kappa shape index (κ1) is 26.8. The van der Waals surface area contributed by atoms with E-state index in [1.165, 1.54) is 4.90 Å². The van der Waals surface area contributed by atoms with Gasteiger partial charge in [0.25, 0.3) is 0 Å². The summed E-state index contributed by atoms with van der Waals surface area (Å²) in [5.74, 6) is 1.92. The molecule has 9 heteroatoms. The maximum atomic E-state index is 13.2. The Kier molecular flexibility index (Phi) is 10.9. The quantitative estimate of drug-likeness (QED) is 0.250. The van der Waals surface area contributed by atoms with Crippen molar-refractivity contribution in [1.29, 1.82) is 0 Å². The molecule has 0 bridgehead atoms. The minimum Gasteiger partial charge on any atom is -0.497 e. The van der Waals surface area contributed by atoms with E-state index in [0.29, 0.717) is 13.0 Å². The van der Waals surface area contributed by atoms with Gasteiger partial charge >= 0.3 is 0 Å². The number of halogens is 1. The molecule has 1 aliphatic heterocycles. The number of carbonyl (C=O) groups is 1. The van der Waals surface area contributed by atoms with Crippen LogP contribution in [0, 0.1) is 0 Å². The molecule has 3 aromatic rings. The first-order chi connectivity index (χ1) is 16.2.